The molecule has 0 aliphatic heterocycles. The molecule has 2 aliphatic carbocycles. The van der Waals surface area contributed by atoms with E-state index < -0.39 is 6.04 Å². The van der Waals surface area contributed by atoms with Crippen LogP contribution < -0.4 is 14.8 Å². The third-order valence-electron chi connectivity index (χ3n) is 8.24. The number of carbonyl (C=O) groups is 2. The van der Waals surface area contributed by atoms with E-state index in [1.165, 1.54) is 6.42 Å². The van der Waals surface area contributed by atoms with Crippen molar-refractivity contribution in [2.75, 3.05) is 14.2 Å². The van der Waals surface area contributed by atoms with Crippen molar-refractivity contribution in [3.8, 4) is 11.5 Å². The van der Waals surface area contributed by atoms with E-state index in [2.05, 4.69) is 10.3 Å². The summed E-state index contributed by atoms with van der Waals surface area (Å²) in [4.78, 5) is 33.6. The number of carbonyl (C=O) groups excluding carboxylic acids is 2. The fraction of sp³-hybridized carbons (Fsp3) is 0.484. The van der Waals surface area contributed by atoms with Crippen LogP contribution in [-0.2, 0) is 16.0 Å². The highest BCUT2D eigenvalue weighted by atomic mass is 16.5. The standard InChI is InChI=1S/C31H39N3O4/c1-37-24-16-17-26(28(19-24)38-2)30(31(36)33-22-10-4-3-5-11-22)34(23-12-6-7-13-23)29(35)18-21-20-32-27-15-9-8-14-25(21)27/h8-9,14-17,19-20,22-23,30,32H,3-7,10-13,18H2,1-2H3,(H,33,36). The van der Waals surface area contributed by atoms with Crippen LogP contribution in [0.15, 0.2) is 48.7 Å². The SMILES string of the molecule is COc1ccc(C(C(=O)NC2CCCCC2)N(C(=O)Cc2c[nH]c3ccccc23)C2CCCC2)c(OC)c1. The Hall–Kier alpha value is -3.48. The van der Waals surface area contributed by atoms with Gasteiger partial charge in [0.05, 0.1) is 20.6 Å². The molecule has 7 nitrogen and oxygen atoms in total. The maximum Gasteiger partial charge on any atom is 0.247 e. The maximum atomic E-state index is 14.2. The summed E-state index contributed by atoms with van der Waals surface area (Å²) in [6.07, 6.45) is 11.4. The van der Waals surface area contributed by atoms with Crippen molar-refractivity contribution in [3.63, 3.8) is 0 Å². The number of aromatic nitrogens is 1. The van der Waals surface area contributed by atoms with Gasteiger partial charge in [-0.3, -0.25) is 9.59 Å². The second kappa shape index (κ2) is 11.9. The minimum atomic E-state index is -0.779. The monoisotopic (exact) mass is 517 g/mol. The van der Waals surface area contributed by atoms with Crippen LogP contribution in [0.3, 0.4) is 0 Å². The zero-order valence-electron chi connectivity index (χ0n) is 22.5. The smallest absolute Gasteiger partial charge is 0.247 e. The lowest BCUT2D eigenvalue weighted by Gasteiger charge is -2.38. The first kappa shape index (κ1) is 26.1. The third-order valence-corrected chi connectivity index (χ3v) is 8.24. The van der Waals surface area contributed by atoms with Gasteiger partial charge in [-0.25, -0.2) is 0 Å². The van der Waals surface area contributed by atoms with E-state index in [-0.39, 0.29) is 30.3 Å². The quantitative estimate of drug-likeness (QED) is 0.382. The summed E-state index contributed by atoms with van der Waals surface area (Å²) in [6.45, 7) is 0. The minimum absolute atomic E-state index is 0.00150. The van der Waals surface area contributed by atoms with E-state index in [1.54, 1.807) is 20.3 Å². The Kier molecular flexibility index (Phi) is 8.20. The lowest BCUT2D eigenvalue weighted by molar-refractivity contribution is -0.143. The van der Waals surface area contributed by atoms with Crippen LogP contribution in [0, 0.1) is 0 Å². The Morgan fingerprint density at radius 2 is 1.71 bits per heavy atom. The van der Waals surface area contributed by atoms with Crippen LogP contribution in [0.1, 0.15) is 75.0 Å². The van der Waals surface area contributed by atoms with E-state index in [9.17, 15) is 9.59 Å². The van der Waals surface area contributed by atoms with Gasteiger partial charge in [-0.1, -0.05) is 50.3 Å². The average molecular weight is 518 g/mol. The van der Waals surface area contributed by atoms with Gasteiger partial charge in [-0.15, -0.1) is 0 Å². The number of nitrogens with one attached hydrogen (secondary N) is 2. The molecule has 2 N–H and O–H groups in total. The first-order chi connectivity index (χ1) is 18.6. The van der Waals surface area contributed by atoms with Crippen molar-refractivity contribution in [3.05, 3.63) is 59.8 Å². The topological polar surface area (TPSA) is 83.7 Å². The van der Waals surface area contributed by atoms with Crippen LogP contribution in [0.25, 0.3) is 10.9 Å². The van der Waals surface area contributed by atoms with E-state index in [4.69, 9.17) is 9.47 Å². The summed E-state index contributed by atoms with van der Waals surface area (Å²) in [5.74, 6) is 1.04. The number of ether oxygens (including phenoxy) is 2. The molecule has 1 aromatic heterocycles. The number of fused-ring (bicyclic) bond motifs is 1. The molecule has 2 saturated carbocycles. The number of para-hydroxylation sites is 1. The van der Waals surface area contributed by atoms with Gasteiger partial charge in [0.25, 0.3) is 0 Å². The molecule has 3 aromatic rings. The number of hydrogen-bond donors (Lipinski definition) is 2. The van der Waals surface area contributed by atoms with E-state index in [0.717, 1.165) is 67.8 Å². The molecule has 5 rings (SSSR count). The highest BCUT2D eigenvalue weighted by Gasteiger charge is 2.39. The molecule has 2 fully saturated rings. The summed E-state index contributed by atoms with van der Waals surface area (Å²) in [5, 5.41) is 4.36. The van der Waals surface area contributed by atoms with Crippen LogP contribution in [0.2, 0.25) is 0 Å². The highest BCUT2D eigenvalue weighted by Crippen LogP contribution is 2.38. The van der Waals surface area contributed by atoms with Crippen molar-refractivity contribution in [1.29, 1.82) is 0 Å². The molecule has 1 atom stereocenters. The van der Waals surface area contributed by atoms with Gasteiger partial charge in [-0.2, -0.15) is 0 Å². The second-order valence-corrected chi connectivity index (χ2v) is 10.6. The molecule has 38 heavy (non-hydrogen) atoms. The van der Waals surface area contributed by atoms with Gasteiger partial charge < -0.3 is 24.7 Å². The molecule has 1 heterocycles. The number of methoxy groups -OCH3 is 2. The van der Waals surface area contributed by atoms with Crippen molar-refractivity contribution < 1.29 is 19.1 Å². The fourth-order valence-electron chi connectivity index (χ4n) is 6.26. The molecule has 1 unspecified atom stereocenters. The minimum Gasteiger partial charge on any atom is -0.497 e. The van der Waals surface area contributed by atoms with Gasteiger partial charge >= 0.3 is 0 Å². The highest BCUT2D eigenvalue weighted by molar-refractivity contribution is 5.93. The van der Waals surface area contributed by atoms with Gasteiger partial charge in [0.15, 0.2) is 0 Å². The number of nitrogens with zero attached hydrogens (tertiary/aromatic N) is 1. The van der Waals surface area contributed by atoms with Gasteiger partial charge in [0.1, 0.15) is 17.5 Å². The fourth-order valence-corrected chi connectivity index (χ4v) is 6.26. The predicted molar refractivity (Wildman–Crippen MR) is 148 cm³/mol. The largest absolute Gasteiger partial charge is 0.497 e. The third kappa shape index (κ3) is 5.52. The lowest BCUT2D eigenvalue weighted by Crippen LogP contribution is -2.50. The Morgan fingerprint density at radius 1 is 0.974 bits per heavy atom. The molecule has 202 valence electrons. The van der Waals surface area contributed by atoms with Crippen molar-refractivity contribution >= 4 is 22.7 Å². The molecular weight excluding hydrogens is 478 g/mol. The predicted octanol–water partition coefficient (Wildman–Crippen LogP) is 5.69. The molecular formula is C31H39N3O4. The van der Waals surface area contributed by atoms with Crippen molar-refractivity contribution in [1.82, 2.24) is 15.2 Å². The van der Waals surface area contributed by atoms with Crippen LogP contribution in [-0.4, -0.2) is 48.0 Å². The molecule has 2 aliphatic rings. The summed E-state index contributed by atoms with van der Waals surface area (Å²) < 4.78 is 11.2. The van der Waals surface area contributed by atoms with Gasteiger partial charge in [0, 0.05) is 40.8 Å². The van der Waals surface area contributed by atoms with E-state index in [1.807, 2.05) is 47.5 Å². The Bertz CT molecular complexity index is 1260. The van der Waals surface area contributed by atoms with E-state index >= 15 is 0 Å². The first-order valence-corrected chi connectivity index (χ1v) is 14.0. The first-order valence-electron chi connectivity index (χ1n) is 14.0. The average Bonchev–Trinajstić information content (AvgIpc) is 3.62. The molecule has 0 bridgehead atoms. The number of hydrogen-bond acceptors (Lipinski definition) is 4. The zero-order chi connectivity index (χ0) is 26.5. The van der Waals surface area contributed by atoms with Crippen molar-refractivity contribution in [2.24, 2.45) is 0 Å². The maximum absolute atomic E-state index is 14.2. The number of H-pyrrole nitrogens is 1. The number of benzene rings is 2. The number of rotatable bonds is 9. The molecule has 0 spiro atoms. The van der Waals surface area contributed by atoms with Crippen LogP contribution in [0.5, 0.6) is 11.5 Å². The molecule has 0 radical (unpaired) electrons. The van der Waals surface area contributed by atoms with Gasteiger partial charge in [-0.05, 0) is 49.4 Å². The molecule has 7 heteroatoms. The van der Waals surface area contributed by atoms with E-state index in [0.29, 0.717) is 17.1 Å². The normalized spacial score (nSPS) is 17.3. The van der Waals surface area contributed by atoms with Gasteiger partial charge in [0.2, 0.25) is 11.8 Å². The van der Waals surface area contributed by atoms with Crippen molar-refractivity contribution in [2.45, 2.75) is 82.3 Å². The van der Waals surface area contributed by atoms with Crippen LogP contribution in [0.4, 0.5) is 0 Å². The Balaban J connectivity index is 1.54. The second-order valence-electron chi connectivity index (χ2n) is 10.6. The molecule has 0 saturated heterocycles. The summed E-state index contributed by atoms with van der Waals surface area (Å²) >= 11 is 0. The molecule has 2 amide bonds. The molecule has 2 aromatic carbocycles. The van der Waals surface area contributed by atoms with Crippen LogP contribution >= 0.6 is 0 Å². The summed E-state index contributed by atoms with van der Waals surface area (Å²) in [6, 6.07) is 12.9. The Morgan fingerprint density at radius 3 is 2.45 bits per heavy atom. The number of amides is 2. The number of aromatic amines is 1. The summed E-state index contributed by atoms with van der Waals surface area (Å²) in [5.41, 5.74) is 2.65. The summed E-state index contributed by atoms with van der Waals surface area (Å²) in [7, 11) is 3.21. The zero-order valence-corrected chi connectivity index (χ0v) is 22.5. The Labute approximate surface area is 224 Å². The lowest BCUT2D eigenvalue weighted by atomic mass is 9.94.